The lowest BCUT2D eigenvalue weighted by Gasteiger charge is -2.24. The number of nitriles is 1. The van der Waals surface area contributed by atoms with Gasteiger partial charge in [0.1, 0.15) is 12.1 Å². The van der Waals surface area contributed by atoms with Crippen molar-refractivity contribution in [2.75, 3.05) is 19.0 Å². The van der Waals surface area contributed by atoms with Crippen molar-refractivity contribution in [2.24, 2.45) is 0 Å². The van der Waals surface area contributed by atoms with E-state index < -0.39 is 24.0 Å². The number of nitrogens with zero attached hydrogens (tertiary/aromatic N) is 3. The molecule has 0 aromatic heterocycles. The third-order valence-corrected chi connectivity index (χ3v) is 3.47. The highest BCUT2D eigenvalue weighted by atomic mass is 16.4. The molecule has 1 aromatic carbocycles. The lowest BCUT2D eigenvalue weighted by molar-refractivity contribution is -0.142. The van der Waals surface area contributed by atoms with E-state index in [1.54, 1.807) is 37.2 Å². The summed E-state index contributed by atoms with van der Waals surface area (Å²) in [6.07, 6.45) is 0. The van der Waals surface area contributed by atoms with Crippen LogP contribution in [-0.4, -0.2) is 42.0 Å². The summed E-state index contributed by atoms with van der Waals surface area (Å²) in [5, 5.41) is 18.4. The van der Waals surface area contributed by atoms with E-state index >= 15 is 0 Å². The van der Waals surface area contributed by atoms with Crippen LogP contribution in [0.5, 0.6) is 0 Å². The van der Waals surface area contributed by atoms with E-state index in [0.717, 1.165) is 4.90 Å². The van der Waals surface area contributed by atoms with Gasteiger partial charge in [0.15, 0.2) is 0 Å². The Hall–Kier alpha value is -2.55. The van der Waals surface area contributed by atoms with Gasteiger partial charge in [-0.05, 0) is 13.0 Å². The molecule has 1 aliphatic heterocycles. The van der Waals surface area contributed by atoms with E-state index in [-0.39, 0.29) is 0 Å². The first-order chi connectivity index (χ1) is 9.40. The van der Waals surface area contributed by atoms with Gasteiger partial charge < -0.3 is 14.9 Å². The molecule has 0 radical (unpaired) electrons. The third-order valence-electron chi connectivity index (χ3n) is 3.47. The zero-order chi connectivity index (χ0) is 15.0. The van der Waals surface area contributed by atoms with E-state index in [1.165, 1.54) is 6.92 Å². The fourth-order valence-electron chi connectivity index (χ4n) is 2.44. The van der Waals surface area contributed by atoms with Crippen LogP contribution in [0.15, 0.2) is 18.2 Å². The Balaban J connectivity index is 2.61. The molecule has 0 saturated heterocycles. The molecule has 0 fully saturated rings. The highest BCUT2D eigenvalue weighted by molar-refractivity contribution is 6.06. The van der Waals surface area contributed by atoms with Gasteiger partial charge in [-0.2, -0.15) is 5.26 Å². The van der Waals surface area contributed by atoms with Gasteiger partial charge in [0, 0.05) is 25.3 Å². The highest BCUT2D eigenvalue weighted by Gasteiger charge is 2.43. The van der Waals surface area contributed by atoms with Crippen molar-refractivity contribution in [1.29, 1.82) is 5.26 Å². The number of hydrogen-bond donors (Lipinski definition) is 1. The number of amides is 1. The van der Waals surface area contributed by atoms with Gasteiger partial charge in [-0.1, -0.05) is 12.1 Å². The van der Waals surface area contributed by atoms with Crippen molar-refractivity contribution in [2.45, 2.75) is 19.0 Å². The number of carbonyl (C=O) groups excluding carboxylic acids is 1. The molecule has 104 valence electrons. The molecule has 2 rings (SSSR count). The summed E-state index contributed by atoms with van der Waals surface area (Å²) >= 11 is 0. The summed E-state index contributed by atoms with van der Waals surface area (Å²) in [4.78, 5) is 26.6. The molecular weight excluding hydrogens is 258 g/mol. The maximum absolute atomic E-state index is 12.5. The van der Waals surface area contributed by atoms with Crippen molar-refractivity contribution in [1.82, 2.24) is 4.90 Å². The lowest BCUT2D eigenvalue weighted by atomic mass is 10.0. The predicted octanol–water partition coefficient (Wildman–Crippen LogP) is 1.25. The highest BCUT2D eigenvalue weighted by Crippen LogP contribution is 2.39. The predicted molar refractivity (Wildman–Crippen MR) is 72.4 cm³/mol. The number of carboxylic acids is 1. The van der Waals surface area contributed by atoms with Gasteiger partial charge in [0.25, 0.3) is 5.91 Å². The van der Waals surface area contributed by atoms with Crippen LogP contribution in [-0.2, 0) is 4.79 Å². The second-order valence-electron chi connectivity index (χ2n) is 4.89. The summed E-state index contributed by atoms with van der Waals surface area (Å²) in [6, 6.07) is 5.36. The maximum Gasteiger partial charge on any atom is 0.326 e. The second-order valence-corrected chi connectivity index (χ2v) is 4.89. The monoisotopic (exact) mass is 273 g/mol. The quantitative estimate of drug-likeness (QED) is 0.895. The number of carboxylic acid groups (broad SMARTS) is 1. The summed E-state index contributed by atoms with van der Waals surface area (Å²) in [6.45, 7) is 1.41. The normalized spacial score (nSPS) is 18.4. The summed E-state index contributed by atoms with van der Waals surface area (Å²) in [7, 11) is 3.60. The molecule has 1 aromatic rings. The van der Waals surface area contributed by atoms with Crippen LogP contribution in [0.4, 0.5) is 5.69 Å². The number of anilines is 1. The van der Waals surface area contributed by atoms with E-state index in [0.29, 0.717) is 16.8 Å². The standard InChI is InChI=1S/C14H15N3O3/c1-8(14(19)20)17-11(7-15)9-5-4-6-10(16(2)3)12(9)13(17)18/h4-6,8,11H,1-3H3,(H,19,20). The number of fused-ring (bicyclic) bond motifs is 1. The van der Waals surface area contributed by atoms with Crippen molar-refractivity contribution in [3.8, 4) is 6.07 Å². The molecule has 0 bridgehead atoms. The van der Waals surface area contributed by atoms with Crippen LogP contribution in [0.2, 0.25) is 0 Å². The number of hydrogen-bond acceptors (Lipinski definition) is 4. The molecule has 0 spiro atoms. The van der Waals surface area contributed by atoms with Gasteiger partial charge >= 0.3 is 5.97 Å². The Morgan fingerprint density at radius 1 is 1.50 bits per heavy atom. The van der Waals surface area contributed by atoms with Crippen LogP contribution >= 0.6 is 0 Å². The molecule has 6 nitrogen and oxygen atoms in total. The Morgan fingerprint density at radius 3 is 2.65 bits per heavy atom. The largest absolute Gasteiger partial charge is 0.480 e. The first-order valence-corrected chi connectivity index (χ1v) is 6.15. The third kappa shape index (κ3) is 1.88. The minimum Gasteiger partial charge on any atom is -0.480 e. The van der Waals surface area contributed by atoms with Gasteiger partial charge in [0.2, 0.25) is 0 Å². The van der Waals surface area contributed by atoms with Crippen molar-refractivity contribution >= 4 is 17.6 Å². The topological polar surface area (TPSA) is 84.6 Å². The van der Waals surface area contributed by atoms with E-state index in [2.05, 4.69) is 0 Å². The van der Waals surface area contributed by atoms with Gasteiger partial charge in [-0.25, -0.2) is 4.79 Å². The Bertz CT molecular complexity index is 619. The van der Waals surface area contributed by atoms with Crippen LogP contribution in [0.1, 0.15) is 28.9 Å². The van der Waals surface area contributed by atoms with Crippen molar-refractivity contribution < 1.29 is 14.7 Å². The summed E-state index contributed by atoms with van der Waals surface area (Å²) in [5.41, 5.74) is 1.67. The van der Waals surface area contributed by atoms with Crippen molar-refractivity contribution in [3.05, 3.63) is 29.3 Å². The Morgan fingerprint density at radius 2 is 2.15 bits per heavy atom. The van der Waals surface area contributed by atoms with Crippen LogP contribution < -0.4 is 4.90 Å². The summed E-state index contributed by atoms with van der Waals surface area (Å²) in [5.74, 6) is -1.54. The van der Waals surface area contributed by atoms with Gasteiger partial charge in [0.05, 0.1) is 11.6 Å². The molecule has 0 aliphatic carbocycles. The fraction of sp³-hybridized carbons (Fsp3) is 0.357. The molecule has 6 heteroatoms. The second kappa shape index (κ2) is 4.85. The van der Waals surface area contributed by atoms with Crippen LogP contribution in [0.25, 0.3) is 0 Å². The zero-order valence-corrected chi connectivity index (χ0v) is 11.5. The molecule has 1 aliphatic rings. The SMILES string of the molecule is CC(C(=O)O)N1C(=O)c2c(cccc2N(C)C)C1C#N. The van der Waals surface area contributed by atoms with Gasteiger partial charge in [-0.15, -0.1) is 0 Å². The first kappa shape index (κ1) is 13.9. The molecular formula is C14H15N3O3. The van der Waals surface area contributed by atoms with Crippen LogP contribution in [0, 0.1) is 11.3 Å². The maximum atomic E-state index is 12.5. The molecule has 1 N–H and O–H groups in total. The van der Waals surface area contributed by atoms with Gasteiger partial charge in [-0.3, -0.25) is 4.79 Å². The number of rotatable bonds is 3. The molecule has 0 saturated carbocycles. The molecule has 1 heterocycles. The number of carbonyl (C=O) groups is 2. The first-order valence-electron chi connectivity index (χ1n) is 6.15. The van der Waals surface area contributed by atoms with E-state index in [4.69, 9.17) is 5.11 Å². The molecule has 1 amide bonds. The zero-order valence-electron chi connectivity index (χ0n) is 11.5. The fourth-order valence-corrected chi connectivity index (χ4v) is 2.44. The minimum atomic E-state index is -1.13. The van der Waals surface area contributed by atoms with Crippen molar-refractivity contribution in [3.63, 3.8) is 0 Å². The number of aliphatic carboxylic acids is 1. The molecule has 2 unspecified atom stereocenters. The average molecular weight is 273 g/mol. The average Bonchev–Trinajstić information content (AvgIpc) is 2.70. The van der Waals surface area contributed by atoms with E-state index in [9.17, 15) is 14.9 Å². The number of benzene rings is 1. The summed E-state index contributed by atoms with van der Waals surface area (Å²) < 4.78 is 0. The Labute approximate surface area is 116 Å². The minimum absolute atomic E-state index is 0.411. The van der Waals surface area contributed by atoms with E-state index in [1.807, 2.05) is 6.07 Å². The lowest BCUT2D eigenvalue weighted by Crippen LogP contribution is -2.41. The Kier molecular flexibility index (Phi) is 3.36. The smallest absolute Gasteiger partial charge is 0.326 e. The van der Waals surface area contributed by atoms with Crippen LogP contribution in [0.3, 0.4) is 0 Å². The molecule has 20 heavy (non-hydrogen) atoms. The molecule has 2 atom stereocenters.